The van der Waals surface area contributed by atoms with Gasteiger partial charge >= 0.3 is 6.18 Å². The van der Waals surface area contributed by atoms with Crippen molar-refractivity contribution in [1.29, 1.82) is 0 Å². The van der Waals surface area contributed by atoms with Crippen LogP contribution in [-0.4, -0.2) is 25.9 Å². The maximum Gasteiger partial charge on any atom is 0.403 e. The van der Waals surface area contributed by atoms with Gasteiger partial charge in [-0.25, -0.2) is 0 Å². The molecule has 68 valence electrons. The van der Waals surface area contributed by atoms with E-state index in [1.54, 1.807) is 0 Å². The van der Waals surface area contributed by atoms with Crippen molar-refractivity contribution in [3.8, 4) is 0 Å². The van der Waals surface area contributed by atoms with Gasteiger partial charge in [-0.1, -0.05) is 6.92 Å². The first-order valence-corrected chi connectivity index (χ1v) is 3.20. The van der Waals surface area contributed by atoms with Crippen LogP contribution in [0.5, 0.6) is 0 Å². The molecule has 0 spiro atoms. The van der Waals surface area contributed by atoms with Gasteiger partial charge in [0.05, 0.1) is 6.61 Å². The fraction of sp³-hybridized carbons (Fsp3) is 1.00. The van der Waals surface area contributed by atoms with Crippen LogP contribution < -0.4 is 5.73 Å². The Morgan fingerprint density at radius 2 is 1.91 bits per heavy atom. The second-order valence-electron chi connectivity index (χ2n) is 2.50. The topological polar surface area (TPSA) is 35.2 Å². The molecule has 2 N–H and O–H groups in total. The van der Waals surface area contributed by atoms with Crippen molar-refractivity contribution in [3.63, 3.8) is 0 Å². The standard InChI is InChI=1S/C6H12F3NO/c1-4(3-11-2)5(10)6(7,8)9/h4-5H,3,10H2,1-2H3. The Kier molecular flexibility index (Phi) is 3.82. The van der Waals surface area contributed by atoms with E-state index in [-0.39, 0.29) is 6.61 Å². The normalized spacial score (nSPS) is 18.0. The molecule has 2 unspecified atom stereocenters. The minimum Gasteiger partial charge on any atom is -0.384 e. The highest BCUT2D eigenvalue weighted by molar-refractivity contribution is 4.76. The number of alkyl halides is 3. The molecule has 2 nitrogen and oxygen atoms in total. The zero-order valence-corrected chi connectivity index (χ0v) is 6.48. The molecule has 0 amide bonds. The van der Waals surface area contributed by atoms with Gasteiger partial charge in [-0.05, 0) is 0 Å². The summed E-state index contributed by atoms with van der Waals surface area (Å²) in [6, 6.07) is -1.79. The largest absolute Gasteiger partial charge is 0.403 e. The number of halogens is 3. The SMILES string of the molecule is COCC(C)C(N)C(F)(F)F. The van der Waals surface area contributed by atoms with Crippen LogP contribution in [0.15, 0.2) is 0 Å². The molecule has 0 bridgehead atoms. The van der Waals surface area contributed by atoms with Crippen LogP contribution in [-0.2, 0) is 4.74 Å². The second kappa shape index (κ2) is 3.92. The predicted molar refractivity (Wildman–Crippen MR) is 35.1 cm³/mol. The molecule has 0 fully saturated rings. The molecule has 0 aromatic carbocycles. The molecule has 0 aliphatic rings. The molecule has 5 heteroatoms. The molecule has 2 atom stereocenters. The third kappa shape index (κ3) is 3.57. The predicted octanol–water partition coefficient (Wildman–Crippen LogP) is 1.16. The lowest BCUT2D eigenvalue weighted by Gasteiger charge is -2.21. The fourth-order valence-electron chi connectivity index (χ4n) is 0.689. The van der Waals surface area contributed by atoms with Crippen molar-refractivity contribution in [1.82, 2.24) is 0 Å². The average Bonchev–Trinajstić information content (AvgIpc) is 1.85. The van der Waals surface area contributed by atoms with Crippen LogP contribution >= 0.6 is 0 Å². The zero-order chi connectivity index (χ0) is 9.07. The van der Waals surface area contributed by atoms with Gasteiger partial charge in [-0.2, -0.15) is 13.2 Å². The van der Waals surface area contributed by atoms with Crippen molar-refractivity contribution in [3.05, 3.63) is 0 Å². The zero-order valence-electron chi connectivity index (χ0n) is 6.48. The summed E-state index contributed by atoms with van der Waals surface area (Å²) in [7, 11) is 1.35. The van der Waals surface area contributed by atoms with Crippen LogP contribution in [0.4, 0.5) is 13.2 Å². The highest BCUT2D eigenvalue weighted by atomic mass is 19.4. The molecule has 11 heavy (non-hydrogen) atoms. The Balaban J connectivity index is 3.91. The van der Waals surface area contributed by atoms with Gasteiger partial charge in [-0.3, -0.25) is 0 Å². The summed E-state index contributed by atoms with van der Waals surface area (Å²) in [5, 5.41) is 0. The van der Waals surface area contributed by atoms with Crippen molar-refractivity contribution in [2.75, 3.05) is 13.7 Å². The van der Waals surface area contributed by atoms with Crippen LogP contribution in [0, 0.1) is 5.92 Å². The minimum absolute atomic E-state index is 0.0284. The number of hydrogen-bond donors (Lipinski definition) is 1. The molecule has 0 saturated heterocycles. The quantitative estimate of drug-likeness (QED) is 0.691. The average molecular weight is 171 g/mol. The summed E-state index contributed by atoms with van der Waals surface area (Å²) >= 11 is 0. The third-order valence-corrected chi connectivity index (χ3v) is 1.42. The minimum atomic E-state index is -4.32. The molecule has 0 aromatic heterocycles. The van der Waals surface area contributed by atoms with E-state index in [1.807, 2.05) is 0 Å². The second-order valence-corrected chi connectivity index (χ2v) is 2.50. The van der Waals surface area contributed by atoms with E-state index in [2.05, 4.69) is 4.74 Å². The van der Waals surface area contributed by atoms with Crippen molar-refractivity contribution >= 4 is 0 Å². The highest BCUT2D eigenvalue weighted by Gasteiger charge is 2.39. The van der Waals surface area contributed by atoms with Crippen molar-refractivity contribution in [2.45, 2.75) is 19.1 Å². The maximum atomic E-state index is 11.8. The highest BCUT2D eigenvalue weighted by Crippen LogP contribution is 2.23. The number of methoxy groups -OCH3 is 1. The van der Waals surface area contributed by atoms with E-state index in [0.29, 0.717) is 0 Å². The van der Waals surface area contributed by atoms with Crippen LogP contribution in [0.2, 0.25) is 0 Å². The first kappa shape index (κ1) is 10.7. The molecule has 0 aliphatic heterocycles. The summed E-state index contributed by atoms with van der Waals surface area (Å²) in [6.07, 6.45) is -4.32. The summed E-state index contributed by atoms with van der Waals surface area (Å²) in [4.78, 5) is 0. The van der Waals surface area contributed by atoms with Gasteiger partial charge in [-0.15, -0.1) is 0 Å². The first-order valence-electron chi connectivity index (χ1n) is 3.20. The first-order chi connectivity index (χ1) is 4.89. The Labute approximate surface area is 63.5 Å². The van der Waals surface area contributed by atoms with Gasteiger partial charge in [0, 0.05) is 13.0 Å². The van der Waals surface area contributed by atoms with Crippen LogP contribution in [0.25, 0.3) is 0 Å². The fourth-order valence-corrected chi connectivity index (χ4v) is 0.689. The van der Waals surface area contributed by atoms with Crippen LogP contribution in [0.3, 0.4) is 0 Å². The monoisotopic (exact) mass is 171 g/mol. The lowest BCUT2D eigenvalue weighted by molar-refractivity contribution is -0.161. The summed E-state index contributed by atoms with van der Waals surface area (Å²) in [6.45, 7) is 1.43. The maximum absolute atomic E-state index is 11.8. The third-order valence-electron chi connectivity index (χ3n) is 1.42. The molecule has 0 saturated carbocycles. The van der Waals surface area contributed by atoms with Gasteiger partial charge < -0.3 is 10.5 Å². The van der Waals surface area contributed by atoms with E-state index in [1.165, 1.54) is 14.0 Å². The van der Waals surface area contributed by atoms with E-state index in [0.717, 1.165) is 0 Å². The lowest BCUT2D eigenvalue weighted by Crippen LogP contribution is -2.44. The summed E-state index contributed by atoms with van der Waals surface area (Å²) < 4.78 is 40.1. The van der Waals surface area contributed by atoms with E-state index in [9.17, 15) is 13.2 Å². The van der Waals surface area contributed by atoms with Gasteiger partial charge in [0.15, 0.2) is 0 Å². The van der Waals surface area contributed by atoms with Crippen molar-refractivity contribution in [2.24, 2.45) is 11.7 Å². The molecule has 0 rings (SSSR count). The number of rotatable bonds is 3. The van der Waals surface area contributed by atoms with Gasteiger partial charge in [0.25, 0.3) is 0 Å². The Bertz CT molecular complexity index is 115. The molecule has 0 heterocycles. The number of nitrogens with two attached hydrogens (primary N) is 1. The lowest BCUT2D eigenvalue weighted by atomic mass is 10.0. The Morgan fingerprint density at radius 3 is 2.18 bits per heavy atom. The molecule has 0 aliphatic carbocycles. The smallest absolute Gasteiger partial charge is 0.384 e. The Morgan fingerprint density at radius 1 is 1.45 bits per heavy atom. The number of ether oxygens (including phenoxy) is 1. The summed E-state index contributed by atoms with van der Waals surface area (Å²) in [5.41, 5.74) is 4.88. The number of hydrogen-bond acceptors (Lipinski definition) is 2. The molecule has 0 radical (unpaired) electrons. The summed E-state index contributed by atoms with van der Waals surface area (Å²) in [5.74, 6) is -0.694. The molecular formula is C6H12F3NO. The van der Waals surface area contributed by atoms with E-state index < -0.39 is 18.1 Å². The van der Waals surface area contributed by atoms with Gasteiger partial charge in [0.2, 0.25) is 0 Å². The van der Waals surface area contributed by atoms with Gasteiger partial charge in [0.1, 0.15) is 6.04 Å². The Hall–Kier alpha value is -0.290. The molecular weight excluding hydrogens is 159 g/mol. The van der Waals surface area contributed by atoms with E-state index >= 15 is 0 Å². The molecule has 0 aromatic rings. The van der Waals surface area contributed by atoms with Crippen LogP contribution in [0.1, 0.15) is 6.92 Å². The van der Waals surface area contributed by atoms with Crippen molar-refractivity contribution < 1.29 is 17.9 Å². The van der Waals surface area contributed by atoms with E-state index in [4.69, 9.17) is 5.73 Å².